The number of carbonyl (C=O) groups is 2. The van der Waals surface area contributed by atoms with Crippen LogP contribution in [0.3, 0.4) is 0 Å². The minimum atomic E-state index is -0.805. The normalized spacial score (nSPS) is 20.3. The number of amides is 1. The third-order valence-electron chi connectivity index (χ3n) is 5.24. The zero-order chi connectivity index (χ0) is 20.0. The van der Waals surface area contributed by atoms with Gasteiger partial charge in [0.1, 0.15) is 5.82 Å². The first-order chi connectivity index (χ1) is 12.8. The molecular formula is C20H30FN3O3. The van der Waals surface area contributed by atoms with Gasteiger partial charge in [0.25, 0.3) is 0 Å². The summed E-state index contributed by atoms with van der Waals surface area (Å²) in [6.07, 6.45) is 1.51. The highest BCUT2D eigenvalue weighted by atomic mass is 19.1. The monoisotopic (exact) mass is 379 g/mol. The van der Waals surface area contributed by atoms with Crippen LogP contribution in [0.1, 0.15) is 24.8 Å². The van der Waals surface area contributed by atoms with Crippen LogP contribution in [-0.2, 0) is 16.1 Å². The Morgan fingerprint density at radius 2 is 1.96 bits per heavy atom. The Bertz CT molecular complexity index is 653. The highest BCUT2D eigenvalue weighted by molar-refractivity contribution is 5.78. The molecule has 1 saturated heterocycles. The zero-order valence-corrected chi connectivity index (χ0v) is 16.4. The van der Waals surface area contributed by atoms with E-state index < -0.39 is 5.97 Å². The topological polar surface area (TPSA) is 64.1 Å². The highest BCUT2D eigenvalue weighted by Crippen LogP contribution is 2.25. The SMILES string of the molecule is CN(CC(=O)N1CC[C@H](N(C)C)[C@H](CCC(=O)O)C1)Cc1ccccc1F. The van der Waals surface area contributed by atoms with E-state index in [0.717, 1.165) is 6.42 Å². The lowest BCUT2D eigenvalue weighted by Crippen LogP contribution is -2.52. The third-order valence-corrected chi connectivity index (χ3v) is 5.24. The Balaban J connectivity index is 1.93. The van der Waals surface area contributed by atoms with Crippen LogP contribution in [0.5, 0.6) is 0 Å². The Labute approximate surface area is 160 Å². The smallest absolute Gasteiger partial charge is 0.303 e. The molecule has 0 unspecified atom stereocenters. The largest absolute Gasteiger partial charge is 0.481 e. The molecule has 0 aromatic heterocycles. The van der Waals surface area contributed by atoms with Crippen LogP contribution >= 0.6 is 0 Å². The molecule has 1 N–H and O–H groups in total. The van der Waals surface area contributed by atoms with Crippen LogP contribution < -0.4 is 0 Å². The van der Waals surface area contributed by atoms with E-state index in [1.165, 1.54) is 6.07 Å². The number of likely N-dealkylation sites (N-methyl/N-ethyl adjacent to an activating group) is 1. The minimum Gasteiger partial charge on any atom is -0.481 e. The Hall–Kier alpha value is -1.99. The molecular weight excluding hydrogens is 349 g/mol. The van der Waals surface area contributed by atoms with E-state index in [1.807, 2.05) is 23.9 Å². The van der Waals surface area contributed by atoms with Gasteiger partial charge >= 0.3 is 5.97 Å². The van der Waals surface area contributed by atoms with Gasteiger partial charge in [0.05, 0.1) is 6.54 Å². The van der Waals surface area contributed by atoms with Gasteiger partial charge in [-0.3, -0.25) is 14.5 Å². The van der Waals surface area contributed by atoms with Gasteiger partial charge in [-0.1, -0.05) is 18.2 Å². The van der Waals surface area contributed by atoms with Gasteiger partial charge < -0.3 is 14.9 Å². The summed E-state index contributed by atoms with van der Waals surface area (Å²) in [5.41, 5.74) is 0.568. The van der Waals surface area contributed by atoms with Gasteiger partial charge in [-0.15, -0.1) is 0 Å². The van der Waals surface area contributed by atoms with Gasteiger partial charge in [-0.25, -0.2) is 4.39 Å². The molecule has 27 heavy (non-hydrogen) atoms. The van der Waals surface area contributed by atoms with Crippen molar-refractivity contribution >= 4 is 11.9 Å². The molecule has 1 fully saturated rings. The molecule has 0 radical (unpaired) electrons. The van der Waals surface area contributed by atoms with Gasteiger partial charge in [-0.05, 0) is 46.0 Å². The number of likely N-dealkylation sites (tertiary alicyclic amines) is 1. The van der Waals surface area contributed by atoms with Crippen LogP contribution in [0.4, 0.5) is 4.39 Å². The summed E-state index contributed by atoms with van der Waals surface area (Å²) in [5, 5.41) is 8.99. The molecule has 0 saturated carbocycles. The van der Waals surface area contributed by atoms with Crippen LogP contribution in [0.15, 0.2) is 24.3 Å². The number of carboxylic acid groups (broad SMARTS) is 1. The van der Waals surface area contributed by atoms with Crippen molar-refractivity contribution in [3.63, 3.8) is 0 Å². The van der Waals surface area contributed by atoms with E-state index in [-0.39, 0.29) is 36.6 Å². The molecule has 1 heterocycles. The van der Waals surface area contributed by atoms with Crippen molar-refractivity contribution in [2.24, 2.45) is 5.92 Å². The first-order valence-corrected chi connectivity index (χ1v) is 9.36. The minimum absolute atomic E-state index is 0.00590. The predicted octanol–water partition coefficient (Wildman–Crippen LogP) is 1.90. The molecule has 0 spiro atoms. The molecule has 1 amide bonds. The van der Waals surface area contributed by atoms with Crippen LogP contribution in [-0.4, -0.2) is 78.5 Å². The molecule has 150 valence electrons. The van der Waals surface area contributed by atoms with Crippen molar-refractivity contribution in [2.75, 3.05) is 40.8 Å². The van der Waals surface area contributed by atoms with Crippen LogP contribution in [0, 0.1) is 11.7 Å². The number of hydrogen-bond donors (Lipinski definition) is 1. The molecule has 1 aromatic carbocycles. The summed E-state index contributed by atoms with van der Waals surface area (Å²) >= 11 is 0. The maximum Gasteiger partial charge on any atom is 0.303 e. The third kappa shape index (κ3) is 6.29. The summed E-state index contributed by atoms with van der Waals surface area (Å²) in [4.78, 5) is 29.4. The molecule has 1 aliphatic rings. The first-order valence-electron chi connectivity index (χ1n) is 9.36. The van der Waals surface area contributed by atoms with E-state index in [4.69, 9.17) is 5.11 Å². The average molecular weight is 379 g/mol. The van der Waals surface area contributed by atoms with E-state index in [0.29, 0.717) is 31.6 Å². The Morgan fingerprint density at radius 3 is 2.59 bits per heavy atom. The van der Waals surface area contributed by atoms with Crippen molar-refractivity contribution in [3.8, 4) is 0 Å². The number of aliphatic carboxylic acids is 1. The number of carbonyl (C=O) groups excluding carboxylic acids is 1. The van der Waals surface area contributed by atoms with Crippen LogP contribution in [0.2, 0.25) is 0 Å². The van der Waals surface area contributed by atoms with Gasteiger partial charge in [0.2, 0.25) is 5.91 Å². The quantitative estimate of drug-likeness (QED) is 0.747. The first kappa shape index (κ1) is 21.3. The maximum atomic E-state index is 13.8. The van der Waals surface area contributed by atoms with Crippen molar-refractivity contribution in [1.82, 2.24) is 14.7 Å². The summed E-state index contributed by atoms with van der Waals surface area (Å²) in [6.45, 7) is 1.82. The number of nitrogens with zero attached hydrogens (tertiary/aromatic N) is 3. The lowest BCUT2D eigenvalue weighted by molar-refractivity contribution is -0.137. The van der Waals surface area contributed by atoms with E-state index >= 15 is 0 Å². The standard InChI is InChI=1S/C20H30FN3O3/c1-22(2)18-10-11-24(13-16(18)8-9-20(26)27)19(25)14-23(3)12-15-6-4-5-7-17(15)21/h4-7,16,18H,8-14H2,1-3H3,(H,26,27)/t16-,18+/m1/s1. The van der Waals surface area contributed by atoms with Crippen molar-refractivity contribution in [2.45, 2.75) is 31.8 Å². The Kier molecular flexibility index (Phi) is 7.74. The fraction of sp³-hybridized carbons (Fsp3) is 0.600. The van der Waals surface area contributed by atoms with Gasteiger partial charge in [-0.2, -0.15) is 0 Å². The number of hydrogen-bond acceptors (Lipinski definition) is 4. The van der Waals surface area contributed by atoms with Crippen molar-refractivity contribution in [1.29, 1.82) is 0 Å². The molecule has 1 aliphatic heterocycles. The number of piperidine rings is 1. The number of rotatable bonds is 8. The Morgan fingerprint density at radius 1 is 1.26 bits per heavy atom. The van der Waals surface area contributed by atoms with Crippen LogP contribution in [0.25, 0.3) is 0 Å². The number of benzene rings is 1. The highest BCUT2D eigenvalue weighted by Gasteiger charge is 2.33. The molecule has 0 aliphatic carbocycles. The second-order valence-electron chi connectivity index (χ2n) is 7.62. The fourth-order valence-electron chi connectivity index (χ4n) is 3.82. The summed E-state index contributed by atoms with van der Waals surface area (Å²) in [5.74, 6) is -0.921. The van der Waals surface area contributed by atoms with E-state index in [1.54, 1.807) is 25.2 Å². The number of carboxylic acids is 1. The zero-order valence-electron chi connectivity index (χ0n) is 16.4. The second-order valence-corrected chi connectivity index (χ2v) is 7.62. The van der Waals surface area contributed by atoms with Crippen molar-refractivity contribution < 1.29 is 19.1 Å². The van der Waals surface area contributed by atoms with E-state index in [2.05, 4.69) is 4.90 Å². The maximum absolute atomic E-state index is 13.8. The molecule has 6 nitrogen and oxygen atoms in total. The fourth-order valence-corrected chi connectivity index (χ4v) is 3.82. The van der Waals surface area contributed by atoms with Crippen molar-refractivity contribution in [3.05, 3.63) is 35.6 Å². The van der Waals surface area contributed by atoms with Gasteiger partial charge in [0, 0.05) is 37.7 Å². The molecule has 0 bridgehead atoms. The molecule has 2 atom stereocenters. The molecule has 1 aromatic rings. The predicted molar refractivity (Wildman–Crippen MR) is 102 cm³/mol. The second kappa shape index (κ2) is 9.80. The average Bonchev–Trinajstić information content (AvgIpc) is 2.61. The molecule has 2 rings (SSSR count). The van der Waals surface area contributed by atoms with E-state index in [9.17, 15) is 14.0 Å². The number of halogens is 1. The lowest BCUT2D eigenvalue weighted by Gasteiger charge is -2.42. The lowest BCUT2D eigenvalue weighted by atomic mass is 9.87. The molecule has 7 heteroatoms. The summed E-state index contributed by atoms with van der Waals surface area (Å²) < 4.78 is 13.8. The van der Waals surface area contributed by atoms with Gasteiger partial charge in [0.15, 0.2) is 0 Å². The summed E-state index contributed by atoms with van der Waals surface area (Å²) in [6, 6.07) is 6.86. The summed E-state index contributed by atoms with van der Waals surface area (Å²) in [7, 11) is 5.80.